The molecular weight excluding hydrogens is 218 g/mol. The number of rotatable bonds is 3. The van der Waals surface area contributed by atoms with E-state index in [1.165, 1.54) is 17.8 Å². The van der Waals surface area contributed by atoms with Gasteiger partial charge in [0.15, 0.2) is 0 Å². The first kappa shape index (κ1) is 10.7. The molecule has 1 aliphatic carbocycles. The number of piperidine rings is 1. The molecule has 0 spiro atoms. The van der Waals surface area contributed by atoms with E-state index in [2.05, 4.69) is 27.9 Å². The van der Waals surface area contributed by atoms with Gasteiger partial charge < -0.3 is 10.6 Å². The molecule has 2 heterocycles. The smallest absolute Gasteiger partial charge is 0.113 e. The Labute approximate surface area is 101 Å². The minimum absolute atomic E-state index is 0.139. The lowest BCUT2D eigenvalue weighted by atomic mass is 9.79. The summed E-state index contributed by atoms with van der Waals surface area (Å²) in [5.74, 6) is 0.619. The summed E-state index contributed by atoms with van der Waals surface area (Å²) in [5.41, 5.74) is 0.139. The van der Waals surface area contributed by atoms with Crippen LogP contribution < -0.4 is 10.6 Å². The first-order chi connectivity index (χ1) is 7.81. The van der Waals surface area contributed by atoms with Crippen molar-refractivity contribution >= 4 is 11.3 Å². The van der Waals surface area contributed by atoms with Crippen LogP contribution in [-0.4, -0.2) is 24.1 Å². The van der Waals surface area contributed by atoms with Crippen molar-refractivity contribution in [2.45, 2.75) is 37.8 Å². The van der Waals surface area contributed by atoms with E-state index in [4.69, 9.17) is 0 Å². The molecule has 4 heteroatoms. The molecule has 1 aromatic heterocycles. The largest absolute Gasteiger partial charge is 0.316 e. The zero-order valence-corrected chi connectivity index (χ0v) is 10.5. The lowest BCUT2D eigenvalue weighted by molar-refractivity contribution is 0.164. The van der Waals surface area contributed by atoms with Crippen molar-refractivity contribution in [1.29, 1.82) is 0 Å². The molecule has 1 aliphatic heterocycles. The SMILES string of the molecule is CC1CNCCC1(NC1CC1)c1nccs1. The van der Waals surface area contributed by atoms with Gasteiger partial charge in [-0.3, -0.25) is 0 Å². The van der Waals surface area contributed by atoms with Crippen LogP contribution in [0.15, 0.2) is 11.6 Å². The molecule has 0 amide bonds. The standard InChI is InChI=1S/C12H19N3S/c1-9-8-13-5-4-12(9,15-10-2-3-10)11-14-6-7-16-11/h6-7,9-10,13,15H,2-5,8H2,1H3. The van der Waals surface area contributed by atoms with Gasteiger partial charge >= 0.3 is 0 Å². The summed E-state index contributed by atoms with van der Waals surface area (Å²) >= 11 is 1.80. The van der Waals surface area contributed by atoms with Crippen molar-refractivity contribution in [1.82, 2.24) is 15.6 Å². The fourth-order valence-electron chi connectivity index (χ4n) is 2.65. The van der Waals surface area contributed by atoms with E-state index in [1.807, 2.05) is 6.20 Å². The third kappa shape index (κ3) is 1.79. The highest BCUT2D eigenvalue weighted by Gasteiger charge is 2.44. The van der Waals surface area contributed by atoms with Gasteiger partial charge in [-0.1, -0.05) is 6.92 Å². The van der Waals surface area contributed by atoms with E-state index in [0.717, 1.165) is 25.6 Å². The van der Waals surface area contributed by atoms with Gasteiger partial charge in [0.2, 0.25) is 0 Å². The van der Waals surface area contributed by atoms with Gasteiger partial charge in [0.25, 0.3) is 0 Å². The molecule has 1 saturated carbocycles. The minimum atomic E-state index is 0.139. The second kappa shape index (κ2) is 4.09. The van der Waals surface area contributed by atoms with E-state index >= 15 is 0 Å². The van der Waals surface area contributed by atoms with E-state index in [-0.39, 0.29) is 5.54 Å². The van der Waals surface area contributed by atoms with Crippen LogP contribution in [0.25, 0.3) is 0 Å². The molecule has 3 rings (SSSR count). The van der Waals surface area contributed by atoms with Crippen molar-refractivity contribution < 1.29 is 0 Å². The molecule has 16 heavy (non-hydrogen) atoms. The minimum Gasteiger partial charge on any atom is -0.316 e. The number of aromatic nitrogens is 1. The maximum atomic E-state index is 4.57. The number of thiazole rings is 1. The maximum Gasteiger partial charge on any atom is 0.113 e. The van der Waals surface area contributed by atoms with E-state index in [1.54, 1.807) is 11.3 Å². The van der Waals surface area contributed by atoms with E-state index in [0.29, 0.717) is 5.92 Å². The Balaban J connectivity index is 1.91. The lowest BCUT2D eigenvalue weighted by Gasteiger charge is -2.42. The van der Waals surface area contributed by atoms with Crippen LogP contribution in [0.1, 0.15) is 31.2 Å². The number of nitrogens with zero attached hydrogens (tertiary/aromatic N) is 1. The van der Waals surface area contributed by atoms with Crippen molar-refractivity contribution in [2.24, 2.45) is 5.92 Å². The Morgan fingerprint density at radius 3 is 3.06 bits per heavy atom. The monoisotopic (exact) mass is 237 g/mol. The van der Waals surface area contributed by atoms with Crippen molar-refractivity contribution in [3.8, 4) is 0 Å². The number of nitrogens with one attached hydrogen (secondary N) is 2. The van der Waals surface area contributed by atoms with Gasteiger partial charge in [-0.05, 0) is 38.3 Å². The highest BCUT2D eigenvalue weighted by molar-refractivity contribution is 7.09. The van der Waals surface area contributed by atoms with Crippen molar-refractivity contribution in [3.63, 3.8) is 0 Å². The summed E-state index contributed by atoms with van der Waals surface area (Å²) in [4.78, 5) is 4.57. The summed E-state index contributed by atoms with van der Waals surface area (Å²) in [7, 11) is 0. The summed E-state index contributed by atoms with van der Waals surface area (Å²) in [6, 6.07) is 0.740. The fraction of sp³-hybridized carbons (Fsp3) is 0.750. The Hall–Kier alpha value is -0.450. The van der Waals surface area contributed by atoms with Gasteiger partial charge in [0, 0.05) is 17.6 Å². The highest BCUT2D eigenvalue weighted by Crippen LogP contribution is 2.39. The number of hydrogen-bond donors (Lipinski definition) is 2. The normalized spacial score (nSPS) is 35.2. The van der Waals surface area contributed by atoms with Gasteiger partial charge in [0.05, 0.1) is 5.54 Å². The first-order valence-corrected chi connectivity index (χ1v) is 7.07. The van der Waals surface area contributed by atoms with Gasteiger partial charge in [0.1, 0.15) is 5.01 Å². The van der Waals surface area contributed by atoms with Gasteiger partial charge in [-0.25, -0.2) is 4.98 Å². The zero-order chi connectivity index (χ0) is 11.0. The predicted octanol–water partition coefficient (Wildman–Crippen LogP) is 1.72. The molecule has 1 saturated heterocycles. The molecule has 2 fully saturated rings. The Kier molecular flexibility index (Phi) is 2.73. The molecule has 88 valence electrons. The molecule has 2 N–H and O–H groups in total. The molecule has 1 aromatic rings. The van der Waals surface area contributed by atoms with Gasteiger partial charge in [-0.2, -0.15) is 0 Å². The summed E-state index contributed by atoms with van der Waals surface area (Å²) < 4.78 is 0. The van der Waals surface area contributed by atoms with Crippen LogP contribution in [0.4, 0.5) is 0 Å². The summed E-state index contributed by atoms with van der Waals surface area (Å²) in [6.45, 7) is 4.53. The van der Waals surface area contributed by atoms with Gasteiger partial charge in [-0.15, -0.1) is 11.3 Å². The molecule has 0 bridgehead atoms. The second-order valence-electron chi connectivity index (χ2n) is 5.08. The second-order valence-corrected chi connectivity index (χ2v) is 5.98. The first-order valence-electron chi connectivity index (χ1n) is 6.20. The molecule has 3 nitrogen and oxygen atoms in total. The third-order valence-electron chi connectivity index (χ3n) is 3.84. The van der Waals surface area contributed by atoms with E-state index in [9.17, 15) is 0 Å². The average Bonchev–Trinajstić information content (AvgIpc) is 2.93. The zero-order valence-electron chi connectivity index (χ0n) is 9.70. The molecule has 2 aliphatic rings. The predicted molar refractivity (Wildman–Crippen MR) is 66.6 cm³/mol. The van der Waals surface area contributed by atoms with Crippen LogP contribution in [0.2, 0.25) is 0 Å². The number of hydrogen-bond acceptors (Lipinski definition) is 4. The molecule has 2 atom stereocenters. The average molecular weight is 237 g/mol. The summed E-state index contributed by atoms with van der Waals surface area (Å²) in [6.07, 6.45) is 5.78. The van der Waals surface area contributed by atoms with Crippen LogP contribution in [0.3, 0.4) is 0 Å². The molecule has 2 unspecified atom stereocenters. The Bertz CT molecular complexity index is 347. The lowest BCUT2D eigenvalue weighted by Crippen LogP contribution is -2.56. The topological polar surface area (TPSA) is 37.0 Å². The maximum absolute atomic E-state index is 4.57. The van der Waals surface area contributed by atoms with Crippen LogP contribution in [0, 0.1) is 5.92 Å². The van der Waals surface area contributed by atoms with Crippen LogP contribution >= 0.6 is 11.3 Å². The molecular formula is C12H19N3S. The summed E-state index contributed by atoms with van der Waals surface area (Å²) in [5, 5.41) is 10.7. The molecule has 0 radical (unpaired) electrons. The van der Waals surface area contributed by atoms with Crippen LogP contribution in [-0.2, 0) is 5.54 Å². The fourth-order valence-corrected chi connectivity index (χ4v) is 3.60. The van der Waals surface area contributed by atoms with Crippen molar-refractivity contribution in [2.75, 3.05) is 13.1 Å². The van der Waals surface area contributed by atoms with E-state index < -0.39 is 0 Å². The van der Waals surface area contributed by atoms with Crippen LogP contribution in [0.5, 0.6) is 0 Å². The van der Waals surface area contributed by atoms with Crippen molar-refractivity contribution in [3.05, 3.63) is 16.6 Å². The Morgan fingerprint density at radius 1 is 1.56 bits per heavy atom. The quantitative estimate of drug-likeness (QED) is 0.840. The highest BCUT2D eigenvalue weighted by atomic mass is 32.1. The Morgan fingerprint density at radius 2 is 2.44 bits per heavy atom. The molecule has 0 aromatic carbocycles. The third-order valence-corrected chi connectivity index (χ3v) is 4.79.